The molecule has 1 atom stereocenters. The molecule has 0 radical (unpaired) electrons. The first-order valence-corrected chi connectivity index (χ1v) is 8.61. The average molecular weight is 327 g/mol. The predicted molar refractivity (Wildman–Crippen MR) is 96.2 cm³/mol. The Labute approximate surface area is 140 Å². The molecule has 0 amide bonds. The fourth-order valence-electron chi connectivity index (χ4n) is 2.95. The highest BCUT2D eigenvalue weighted by Crippen LogP contribution is 2.35. The monoisotopic (exact) mass is 327 g/mol. The van der Waals surface area contributed by atoms with E-state index < -0.39 is 0 Å². The largest absolute Gasteiger partial charge is 0.396 e. The minimum absolute atomic E-state index is 0.0815. The fraction of sp³-hybridized carbons (Fsp3) is 0.333. The normalized spacial score (nSPS) is 12.5. The Morgan fingerprint density at radius 1 is 1.17 bits per heavy atom. The smallest absolute Gasteiger partial charge is 0.141 e. The Balaban J connectivity index is 2.10. The summed E-state index contributed by atoms with van der Waals surface area (Å²) in [6.07, 6.45) is 0.661. The Hall–Kier alpha value is -1.98. The standard InChI is InChI=1S/C18H21N3OS/c1-12-11-23-18-16(12)17(19-13(2)20-18)21(3)15(9-10-22)14-7-5-4-6-8-14/h4-8,11,15,22H,9-10H2,1-3H3. The third-order valence-corrected chi connectivity index (χ3v) is 5.09. The topological polar surface area (TPSA) is 49.2 Å². The highest BCUT2D eigenvalue weighted by Gasteiger charge is 2.22. The van der Waals surface area contributed by atoms with Crippen LogP contribution in [-0.2, 0) is 0 Å². The van der Waals surface area contributed by atoms with Crippen molar-refractivity contribution >= 4 is 27.4 Å². The van der Waals surface area contributed by atoms with Gasteiger partial charge in [0.25, 0.3) is 0 Å². The van der Waals surface area contributed by atoms with Gasteiger partial charge in [0.15, 0.2) is 0 Å². The summed E-state index contributed by atoms with van der Waals surface area (Å²) in [6.45, 7) is 4.16. The molecule has 0 aliphatic carbocycles. The van der Waals surface area contributed by atoms with E-state index in [1.807, 2.05) is 32.2 Å². The Bertz CT molecular complexity index is 801. The van der Waals surface area contributed by atoms with Gasteiger partial charge in [-0.2, -0.15) is 0 Å². The van der Waals surface area contributed by atoms with Gasteiger partial charge in [0.05, 0.1) is 11.4 Å². The molecule has 0 bridgehead atoms. The molecule has 0 saturated carbocycles. The second-order valence-electron chi connectivity index (χ2n) is 5.74. The molecule has 23 heavy (non-hydrogen) atoms. The van der Waals surface area contributed by atoms with Crippen molar-refractivity contribution in [2.24, 2.45) is 0 Å². The van der Waals surface area contributed by atoms with Crippen LogP contribution in [0.3, 0.4) is 0 Å². The molecule has 0 spiro atoms. The van der Waals surface area contributed by atoms with Crippen molar-refractivity contribution in [3.63, 3.8) is 0 Å². The molecule has 0 saturated heterocycles. The van der Waals surface area contributed by atoms with Crippen LogP contribution in [0.5, 0.6) is 0 Å². The number of aliphatic hydroxyl groups is 1. The van der Waals surface area contributed by atoms with E-state index in [-0.39, 0.29) is 12.6 Å². The van der Waals surface area contributed by atoms with E-state index in [4.69, 9.17) is 4.98 Å². The van der Waals surface area contributed by atoms with Crippen LogP contribution < -0.4 is 4.90 Å². The van der Waals surface area contributed by atoms with E-state index in [2.05, 4.69) is 34.3 Å². The molecule has 4 nitrogen and oxygen atoms in total. The zero-order valence-electron chi connectivity index (χ0n) is 13.7. The van der Waals surface area contributed by atoms with Crippen molar-refractivity contribution in [2.75, 3.05) is 18.6 Å². The summed E-state index contributed by atoms with van der Waals surface area (Å²) in [7, 11) is 2.05. The number of aliphatic hydroxyl groups excluding tert-OH is 1. The number of aryl methyl sites for hydroxylation is 2. The molecule has 3 rings (SSSR count). The van der Waals surface area contributed by atoms with Gasteiger partial charge in [0.2, 0.25) is 0 Å². The summed E-state index contributed by atoms with van der Waals surface area (Å²) in [4.78, 5) is 12.4. The van der Waals surface area contributed by atoms with E-state index in [9.17, 15) is 5.11 Å². The lowest BCUT2D eigenvalue weighted by Gasteiger charge is -2.30. The van der Waals surface area contributed by atoms with Crippen LogP contribution in [0.15, 0.2) is 35.7 Å². The summed E-state index contributed by atoms with van der Waals surface area (Å²) in [5.74, 6) is 1.71. The van der Waals surface area contributed by atoms with Gasteiger partial charge in [0, 0.05) is 13.7 Å². The van der Waals surface area contributed by atoms with Gasteiger partial charge in [-0.25, -0.2) is 9.97 Å². The molecule has 5 heteroatoms. The third-order valence-electron chi connectivity index (χ3n) is 4.10. The Morgan fingerprint density at radius 2 is 1.91 bits per heavy atom. The summed E-state index contributed by atoms with van der Waals surface area (Å²) in [5, 5.41) is 12.8. The van der Waals surface area contributed by atoms with Crippen LogP contribution in [0, 0.1) is 13.8 Å². The lowest BCUT2D eigenvalue weighted by atomic mass is 10.0. The minimum Gasteiger partial charge on any atom is -0.396 e. The van der Waals surface area contributed by atoms with Crippen LogP contribution in [0.4, 0.5) is 5.82 Å². The van der Waals surface area contributed by atoms with Gasteiger partial charge in [-0.15, -0.1) is 11.3 Å². The zero-order valence-corrected chi connectivity index (χ0v) is 14.5. The quantitative estimate of drug-likeness (QED) is 0.773. The first-order valence-electron chi connectivity index (χ1n) is 7.73. The van der Waals surface area contributed by atoms with E-state index >= 15 is 0 Å². The van der Waals surface area contributed by atoms with Gasteiger partial charge >= 0.3 is 0 Å². The van der Waals surface area contributed by atoms with E-state index in [0.29, 0.717) is 6.42 Å². The number of aromatic nitrogens is 2. The maximum atomic E-state index is 9.52. The van der Waals surface area contributed by atoms with Gasteiger partial charge in [0.1, 0.15) is 16.5 Å². The molecule has 3 aromatic rings. The number of fused-ring (bicyclic) bond motifs is 1. The van der Waals surface area contributed by atoms with Crippen LogP contribution >= 0.6 is 11.3 Å². The van der Waals surface area contributed by atoms with Gasteiger partial charge in [-0.05, 0) is 36.8 Å². The SMILES string of the molecule is Cc1nc(N(C)C(CCO)c2ccccc2)c2c(C)csc2n1. The molecule has 0 fully saturated rings. The Morgan fingerprint density at radius 3 is 2.61 bits per heavy atom. The van der Waals surface area contributed by atoms with Crippen LogP contribution in [-0.4, -0.2) is 28.7 Å². The second-order valence-corrected chi connectivity index (χ2v) is 6.60. The highest BCUT2D eigenvalue weighted by atomic mass is 32.1. The van der Waals surface area contributed by atoms with E-state index in [1.54, 1.807) is 11.3 Å². The maximum Gasteiger partial charge on any atom is 0.141 e. The molecule has 120 valence electrons. The summed E-state index contributed by atoms with van der Waals surface area (Å²) < 4.78 is 0. The first kappa shape index (κ1) is 15.9. The zero-order chi connectivity index (χ0) is 16.4. The van der Waals surface area contributed by atoms with Crippen LogP contribution in [0.1, 0.15) is 29.4 Å². The molecule has 2 heterocycles. The number of anilines is 1. The Kier molecular flexibility index (Phi) is 4.59. The molecule has 0 aliphatic heterocycles. The number of benzene rings is 1. The van der Waals surface area contributed by atoms with Crippen LogP contribution in [0.25, 0.3) is 10.2 Å². The predicted octanol–water partition coefficient (Wildman–Crippen LogP) is 3.87. The number of hydrogen-bond donors (Lipinski definition) is 1. The third kappa shape index (κ3) is 3.07. The maximum absolute atomic E-state index is 9.52. The summed E-state index contributed by atoms with van der Waals surface area (Å²) in [6, 6.07) is 10.4. The van der Waals surface area contributed by atoms with Crippen molar-refractivity contribution < 1.29 is 5.11 Å². The lowest BCUT2D eigenvalue weighted by molar-refractivity contribution is 0.274. The van der Waals surface area contributed by atoms with Crippen molar-refractivity contribution in [3.8, 4) is 0 Å². The number of rotatable bonds is 5. The number of hydrogen-bond acceptors (Lipinski definition) is 5. The summed E-state index contributed by atoms with van der Waals surface area (Å²) in [5.41, 5.74) is 2.38. The second kappa shape index (κ2) is 6.64. The van der Waals surface area contributed by atoms with E-state index in [1.165, 1.54) is 11.1 Å². The molecule has 2 aromatic heterocycles. The fourth-order valence-corrected chi connectivity index (χ4v) is 3.91. The van der Waals surface area contributed by atoms with Gasteiger partial charge in [-0.1, -0.05) is 30.3 Å². The number of thiophene rings is 1. The van der Waals surface area contributed by atoms with Gasteiger partial charge < -0.3 is 10.0 Å². The van der Waals surface area contributed by atoms with Gasteiger partial charge in [-0.3, -0.25) is 0 Å². The average Bonchev–Trinajstić information content (AvgIpc) is 2.93. The van der Waals surface area contributed by atoms with Crippen molar-refractivity contribution in [3.05, 3.63) is 52.7 Å². The molecule has 0 aliphatic rings. The molecular weight excluding hydrogens is 306 g/mol. The van der Waals surface area contributed by atoms with E-state index in [0.717, 1.165) is 21.9 Å². The molecular formula is C18H21N3OS. The number of nitrogens with zero attached hydrogens (tertiary/aromatic N) is 3. The van der Waals surface area contributed by atoms with Crippen LogP contribution in [0.2, 0.25) is 0 Å². The first-order chi connectivity index (χ1) is 11.1. The lowest BCUT2D eigenvalue weighted by Crippen LogP contribution is -2.26. The van der Waals surface area contributed by atoms with Crippen molar-refractivity contribution in [1.82, 2.24) is 9.97 Å². The van der Waals surface area contributed by atoms with Crippen molar-refractivity contribution in [1.29, 1.82) is 0 Å². The molecule has 1 aromatic carbocycles. The van der Waals surface area contributed by atoms with Crippen molar-refractivity contribution in [2.45, 2.75) is 26.3 Å². The minimum atomic E-state index is 0.0815. The highest BCUT2D eigenvalue weighted by molar-refractivity contribution is 7.17. The molecule has 1 unspecified atom stereocenters. The molecule has 1 N–H and O–H groups in total. The summed E-state index contributed by atoms with van der Waals surface area (Å²) >= 11 is 1.65.